The molecule has 94 valence electrons. The van der Waals surface area contributed by atoms with E-state index in [1.165, 1.54) is 6.42 Å². The van der Waals surface area contributed by atoms with Crippen molar-refractivity contribution in [3.63, 3.8) is 0 Å². The molecule has 1 fully saturated rings. The van der Waals surface area contributed by atoms with Crippen LogP contribution in [0.15, 0.2) is 16.9 Å². The number of aryl methyl sites for hydroxylation is 1. The Hall–Kier alpha value is -1.13. The number of nitrogens with zero attached hydrogens (tertiary/aromatic N) is 1. The predicted octanol–water partition coefficient (Wildman–Crippen LogP) is 1.18. The van der Waals surface area contributed by atoms with E-state index in [2.05, 4.69) is 0 Å². The van der Waals surface area contributed by atoms with Crippen molar-refractivity contribution in [1.29, 1.82) is 0 Å². The summed E-state index contributed by atoms with van der Waals surface area (Å²) in [5.41, 5.74) is 7.23. The fraction of sp³-hybridized carbons (Fsp3) is 0.615. The Morgan fingerprint density at radius 2 is 2.29 bits per heavy atom. The highest BCUT2D eigenvalue weighted by Gasteiger charge is 2.16. The summed E-state index contributed by atoms with van der Waals surface area (Å²) in [6.07, 6.45) is 3.54. The van der Waals surface area contributed by atoms with Gasteiger partial charge in [0, 0.05) is 24.4 Å². The number of hydrogen-bond acceptors (Lipinski definition) is 3. The monoisotopic (exact) mass is 236 g/mol. The van der Waals surface area contributed by atoms with Gasteiger partial charge in [0.25, 0.3) is 5.56 Å². The Morgan fingerprint density at radius 1 is 1.47 bits per heavy atom. The molecule has 1 aliphatic rings. The van der Waals surface area contributed by atoms with Crippen molar-refractivity contribution in [3.05, 3.63) is 33.7 Å². The summed E-state index contributed by atoms with van der Waals surface area (Å²) in [5.74, 6) is 0. The number of rotatable bonds is 3. The molecule has 0 aromatic carbocycles. The molecule has 0 bridgehead atoms. The molecule has 1 aliphatic heterocycles. The van der Waals surface area contributed by atoms with Crippen LogP contribution in [-0.2, 0) is 17.8 Å². The van der Waals surface area contributed by atoms with Crippen LogP contribution in [0.4, 0.5) is 0 Å². The summed E-state index contributed by atoms with van der Waals surface area (Å²) in [6, 6.07) is 3.77. The third kappa shape index (κ3) is 2.76. The molecule has 4 nitrogen and oxygen atoms in total. The van der Waals surface area contributed by atoms with E-state index < -0.39 is 0 Å². The van der Waals surface area contributed by atoms with Gasteiger partial charge in [-0.3, -0.25) is 4.79 Å². The zero-order valence-corrected chi connectivity index (χ0v) is 10.3. The van der Waals surface area contributed by atoms with Gasteiger partial charge in [-0.15, -0.1) is 0 Å². The minimum absolute atomic E-state index is 0.0293. The van der Waals surface area contributed by atoms with Gasteiger partial charge in [0.2, 0.25) is 0 Å². The van der Waals surface area contributed by atoms with Crippen molar-refractivity contribution in [2.75, 3.05) is 6.61 Å². The van der Waals surface area contributed by atoms with E-state index in [4.69, 9.17) is 10.5 Å². The molecule has 17 heavy (non-hydrogen) atoms. The Kier molecular flexibility index (Phi) is 3.97. The summed E-state index contributed by atoms with van der Waals surface area (Å²) < 4.78 is 7.46. The van der Waals surface area contributed by atoms with E-state index in [9.17, 15) is 4.79 Å². The summed E-state index contributed by atoms with van der Waals surface area (Å²) in [4.78, 5) is 12.1. The molecule has 2 rings (SSSR count). The summed E-state index contributed by atoms with van der Waals surface area (Å²) in [6.45, 7) is 3.71. The van der Waals surface area contributed by atoms with Gasteiger partial charge in [-0.1, -0.05) is 6.07 Å². The lowest BCUT2D eigenvalue weighted by atomic mass is 10.1. The van der Waals surface area contributed by atoms with E-state index in [0.29, 0.717) is 18.7 Å². The van der Waals surface area contributed by atoms with Crippen molar-refractivity contribution in [1.82, 2.24) is 4.57 Å². The van der Waals surface area contributed by atoms with Crippen LogP contribution in [0.5, 0.6) is 0 Å². The van der Waals surface area contributed by atoms with Crippen LogP contribution in [0.3, 0.4) is 0 Å². The molecule has 2 heterocycles. The second kappa shape index (κ2) is 5.47. The molecule has 1 aromatic rings. The van der Waals surface area contributed by atoms with Gasteiger partial charge in [-0.25, -0.2) is 0 Å². The van der Waals surface area contributed by atoms with Crippen LogP contribution < -0.4 is 11.3 Å². The summed E-state index contributed by atoms with van der Waals surface area (Å²) in [7, 11) is 0. The van der Waals surface area contributed by atoms with Crippen molar-refractivity contribution < 1.29 is 4.74 Å². The molecular formula is C13H20N2O2. The molecule has 0 saturated carbocycles. The highest BCUT2D eigenvalue weighted by molar-refractivity contribution is 5.15. The first-order chi connectivity index (χ1) is 8.22. The van der Waals surface area contributed by atoms with Crippen LogP contribution >= 0.6 is 0 Å². The second-order valence-electron chi connectivity index (χ2n) is 4.61. The Labute approximate surface area is 101 Å². The molecule has 1 unspecified atom stereocenters. The van der Waals surface area contributed by atoms with Gasteiger partial charge in [-0.05, 0) is 32.3 Å². The van der Waals surface area contributed by atoms with Crippen LogP contribution in [0.25, 0.3) is 0 Å². The molecule has 4 heteroatoms. The largest absolute Gasteiger partial charge is 0.376 e. The van der Waals surface area contributed by atoms with Crippen LogP contribution in [0, 0.1) is 6.92 Å². The van der Waals surface area contributed by atoms with Crippen LogP contribution in [0.1, 0.15) is 30.5 Å². The number of ether oxygens (including phenoxy) is 1. The quantitative estimate of drug-likeness (QED) is 0.857. The summed E-state index contributed by atoms with van der Waals surface area (Å²) >= 11 is 0. The van der Waals surface area contributed by atoms with Gasteiger partial charge in [0.15, 0.2) is 0 Å². The summed E-state index contributed by atoms with van der Waals surface area (Å²) in [5, 5.41) is 0. The smallest absolute Gasteiger partial charge is 0.255 e. The lowest BCUT2D eigenvalue weighted by Gasteiger charge is -2.24. The van der Waals surface area contributed by atoms with E-state index in [1.807, 2.05) is 19.1 Å². The number of nitrogens with two attached hydrogens (primary N) is 1. The van der Waals surface area contributed by atoms with E-state index in [0.717, 1.165) is 25.1 Å². The maximum atomic E-state index is 12.1. The molecule has 0 radical (unpaired) electrons. The first-order valence-corrected chi connectivity index (χ1v) is 6.23. The molecule has 0 aliphatic carbocycles. The first kappa shape index (κ1) is 12.3. The Bertz CT molecular complexity index is 434. The normalized spacial score (nSPS) is 20.5. The average molecular weight is 236 g/mol. The van der Waals surface area contributed by atoms with Gasteiger partial charge in [-0.2, -0.15) is 0 Å². The Balaban J connectivity index is 2.21. The van der Waals surface area contributed by atoms with Crippen molar-refractivity contribution in [2.45, 2.75) is 45.4 Å². The topological polar surface area (TPSA) is 57.2 Å². The molecule has 0 spiro atoms. The zero-order chi connectivity index (χ0) is 12.3. The zero-order valence-electron chi connectivity index (χ0n) is 10.3. The lowest BCUT2D eigenvalue weighted by Crippen LogP contribution is -2.33. The van der Waals surface area contributed by atoms with E-state index in [1.54, 1.807) is 4.57 Å². The molecule has 1 atom stereocenters. The second-order valence-corrected chi connectivity index (χ2v) is 4.61. The lowest BCUT2D eigenvalue weighted by molar-refractivity contribution is 0.00506. The number of hydrogen-bond donors (Lipinski definition) is 1. The minimum atomic E-state index is 0.0293. The maximum absolute atomic E-state index is 12.1. The van der Waals surface area contributed by atoms with Gasteiger partial charge >= 0.3 is 0 Å². The van der Waals surface area contributed by atoms with Gasteiger partial charge < -0.3 is 15.0 Å². The predicted molar refractivity (Wildman–Crippen MR) is 66.9 cm³/mol. The molecular weight excluding hydrogens is 216 g/mol. The van der Waals surface area contributed by atoms with Crippen LogP contribution in [-0.4, -0.2) is 17.3 Å². The first-order valence-electron chi connectivity index (χ1n) is 6.23. The standard InChI is InChI=1S/C13H20N2O2/c1-10-5-6-11(8-14)13(16)15(10)9-12-4-2-3-7-17-12/h5-6,12H,2-4,7-9,14H2,1H3. The third-order valence-corrected chi connectivity index (χ3v) is 3.35. The van der Waals surface area contributed by atoms with E-state index >= 15 is 0 Å². The van der Waals surface area contributed by atoms with Gasteiger partial charge in [0.05, 0.1) is 12.6 Å². The van der Waals surface area contributed by atoms with Crippen molar-refractivity contribution >= 4 is 0 Å². The third-order valence-electron chi connectivity index (χ3n) is 3.35. The number of aromatic nitrogens is 1. The van der Waals surface area contributed by atoms with E-state index in [-0.39, 0.29) is 11.7 Å². The Morgan fingerprint density at radius 3 is 2.94 bits per heavy atom. The van der Waals surface area contributed by atoms with Gasteiger partial charge in [0.1, 0.15) is 0 Å². The molecule has 1 aromatic heterocycles. The molecule has 2 N–H and O–H groups in total. The average Bonchev–Trinajstić information content (AvgIpc) is 2.36. The SMILES string of the molecule is Cc1ccc(CN)c(=O)n1CC1CCCCO1. The van der Waals surface area contributed by atoms with Crippen molar-refractivity contribution in [3.8, 4) is 0 Å². The fourth-order valence-corrected chi connectivity index (χ4v) is 2.25. The number of pyridine rings is 1. The maximum Gasteiger partial charge on any atom is 0.255 e. The van der Waals surface area contributed by atoms with Crippen molar-refractivity contribution in [2.24, 2.45) is 5.73 Å². The highest BCUT2D eigenvalue weighted by atomic mass is 16.5. The fourth-order valence-electron chi connectivity index (χ4n) is 2.25. The highest BCUT2D eigenvalue weighted by Crippen LogP contribution is 2.14. The minimum Gasteiger partial charge on any atom is -0.376 e. The molecule has 1 saturated heterocycles. The molecule has 0 amide bonds. The van der Waals surface area contributed by atoms with Crippen LogP contribution in [0.2, 0.25) is 0 Å².